The third-order valence-corrected chi connectivity index (χ3v) is 5.24. The first kappa shape index (κ1) is 20.9. The fourth-order valence-electron chi connectivity index (χ4n) is 3.47. The van der Waals surface area contributed by atoms with Crippen LogP contribution in [0.2, 0.25) is 0 Å². The minimum absolute atomic E-state index is 0.0699. The first-order chi connectivity index (χ1) is 13.7. The molecule has 154 valence electrons. The second kappa shape index (κ2) is 8.66. The molecule has 3 rings (SSSR count). The third kappa shape index (κ3) is 4.95. The Morgan fingerprint density at radius 1 is 0.862 bits per heavy atom. The zero-order valence-electron chi connectivity index (χ0n) is 17.7. The van der Waals surface area contributed by atoms with Crippen LogP contribution in [0.25, 0.3) is 11.0 Å². The van der Waals surface area contributed by atoms with Crippen molar-refractivity contribution in [1.82, 2.24) is 15.3 Å². The van der Waals surface area contributed by atoms with E-state index in [1.165, 1.54) is 11.1 Å². The highest BCUT2D eigenvalue weighted by molar-refractivity contribution is 5.96. The van der Waals surface area contributed by atoms with Crippen LogP contribution in [0.4, 0.5) is 5.69 Å². The minimum Gasteiger partial charge on any atom is -0.325 e. The maximum atomic E-state index is 12.7. The van der Waals surface area contributed by atoms with Gasteiger partial charge in [0, 0.05) is 11.7 Å². The lowest BCUT2D eigenvalue weighted by Gasteiger charge is -2.27. The van der Waals surface area contributed by atoms with Crippen LogP contribution < -0.4 is 16.3 Å². The monoisotopic (exact) mass is 394 g/mol. The maximum absolute atomic E-state index is 12.7. The Balaban J connectivity index is 1.70. The molecule has 0 aliphatic rings. The molecule has 1 aromatic heterocycles. The molecule has 0 unspecified atom stereocenters. The Morgan fingerprint density at radius 2 is 1.48 bits per heavy atom. The molecule has 0 saturated heterocycles. The normalized spacial score (nSPS) is 13.8. The van der Waals surface area contributed by atoms with Crippen LogP contribution in [0.3, 0.4) is 0 Å². The summed E-state index contributed by atoms with van der Waals surface area (Å²) in [5, 5.41) is 6.39. The van der Waals surface area contributed by atoms with E-state index >= 15 is 0 Å². The van der Waals surface area contributed by atoms with Crippen molar-refractivity contribution in [3.63, 3.8) is 0 Å². The summed E-state index contributed by atoms with van der Waals surface area (Å²) in [5.41, 5.74) is 4.24. The highest BCUT2D eigenvalue weighted by Crippen LogP contribution is 2.25. The quantitative estimate of drug-likeness (QED) is 0.482. The van der Waals surface area contributed by atoms with Gasteiger partial charge in [-0.25, -0.2) is 4.79 Å². The highest BCUT2D eigenvalue weighted by atomic mass is 16.2. The SMILES string of the molecule is CC(C)c1ccc([C@@H](N[C@@H](C)C(=O)Nc2ccc3[nH]c(=O)[nH]c3c2)C(C)C)cc1. The smallest absolute Gasteiger partial charge is 0.323 e. The zero-order chi connectivity index (χ0) is 21.1. The second-order valence-electron chi connectivity index (χ2n) is 8.26. The molecule has 2 atom stereocenters. The Hall–Kier alpha value is -2.86. The van der Waals surface area contributed by atoms with E-state index < -0.39 is 0 Å². The molecule has 0 aliphatic heterocycles. The van der Waals surface area contributed by atoms with E-state index in [4.69, 9.17) is 0 Å². The number of H-pyrrole nitrogens is 2. The van der Waals surface area contributed by atoms with Crippen molar-refractivity contribution in [2.45, 2.75) is 52.6 Å². The maximum Gasteiger partial charge on any atom is 0.323 e. The van der Waals surface area contributed by atoms with Crippen molar-refractivity contribution in [3.05, 3.63) is 64.1 Å². The molecule has 1 amide bonds. The number of imidazole rings is 1. The van der Waals surface area contributed by atoms with Crippen molar-refractivity contribution in [2.75, 3.05) is 5.32 Å². The fraction of sp³-hybridized carbons (Fsp3) is 0.391. The minimum atomic E-state index is -0.381. The summed E-state index contributed by atoms with van der Waals surface area (Å²) >= 11 is 0. The lowest BCUT2D eigenvalue weighted by Crippen LogP contribution is -2.41. The number of rotatable bonds is 7. The van der Waals surface area contributed by atoms with Crippen LogP contribution in [0.1, 0.15) is 57.7 Å². The number of nitrogens with one attached hydrogen (secondary N) is 4. The number of aromatic nitrogens is 2. The van der Waals surface area contributed by atoms with Crippen molar-refractivity contribution in [3.8, 4) is 0 Å². The molecule has 0 bridgehead atoms. The van der Waals surface area contributed by atoms with Gasteiger partial charge < -0.3 is 15.3 Å². The molecule has 29 heavy (non-hydrogen) atoms. The molecular weight excluding hydrogens is 364 g/mol. The lowest BCUT2D eigenvalue weighted by atomic mass is 9.93. The van der Waals surface area contributed by atoms with Gasteiger partial charge in [-0.3, -0.25) is 10.1 Å². The molecule has 0 aliphatic carbocycles. The Labute approximate surface area is 171 Å². The number of carbonyl (C=O) groups is 1. The van der Waals surface area contributed by atoms with Gasteiger partial charge >= 0.3 is 5.69 Å². The molecule has 6 heteroatoms. The lowest BCUT2D eigenvalue weighted by molar-refractivity contribution is -0.118. The van der Waals surface area contributed by atoms with Crippen LogP contribution in [-0.4, -0.2) is 21.9 Å². The third-order valence-electron chi connectivity index (χ3n) is 5.24. The van der Waals surface area contributed by atoms with Gasteiger partial charge in [0.2, 0.25) is 5.91 Å². The molecule has 0 spiro atoms. The molecular formula is C23H30N4O2. The van der Waals surface area contributed by atoms with Crippen LogP contribution in [-0.2, 0) is 4.79 Å². The van der Waals surface area contributed by atoms with Crippen molar-refractivity contribution in [1.29, 1.82) is 0 Å². The van der Waals surface area contributed by atoms with E-state index in [1.54, 1.807) is 18.2 Å². The van der Waals surface area contributed by atoms with Crippen LogP contribution in [0.5, 0.6) is 0 Å². The van der Waals surface area contributed by atoms with Crippen LogP contribution in [0, 0.1) is 5.92 Å². The molecule has 6 nitrogen and oxygen atoms in total. The Kier molecular flexibility index (Phi) is 6.23. The van der Waals surface area contributed by atoms with E-state index in [1.807, 2.05) is 6.92 Å². The number of carbonyl (C=O) groups excluding carboxylic acids is 1. The fourth-order valence-corrected chi connectivity index (χ4v) is 3.47. The summed E-state index contributed by atoms with van der Waals surface area (Å²) in [4.78, 5) is 29.5. The van der Waals surface area contributed by atoms with Gasteiger partial charge in [-0.15, -0.1) is 0 Å². The number of hydrogen-bond donors (Lipinski definition) is 4. The molecule has 0 saturated carbocycles. The molecule has 4 N–H and O–H groups in total. The van der Waals surface area contributed by atoms with E-state index in [-0.39, 0.29) is 23.7 Å². The van der Waals surface area contributed by atoms with Gasteiger partial charge in [0.25, 0.3) is 0 Å². The summed E-state index contributed by atoms with van der Waals surface area (Å²) in [5.74, 6) is 0.703. The molecule has 0 fully saturated rings. The van der Waals surface area contributed by atoms with E-state index in [2.05, 4.69) is 72.6 Å². The van der Waals surface area contributed by atoms with Gasteiger partial charge in [0.1, 0.15) is 0 Å². The molecule has 1 heterocycles. The predicted octanol–water partition coefficient (Wildman–Crippen LogP) is 4.29. The average Bonchev–Trinajstić information content (AvgIpc) is 3.05. The van der Waals surface area contributed by atoms with Crippen LogP contribution in [0.15, 0.2) is 47.3 Å². The zero-order valence-corrected chi connectivity index (χ0v) is 17.7. The molecule has 0 radical (unpaired) electrons. The first-order valence-corrected chi connectivity index (χ1v) is 10.1. The topological polar surface area (TPSA) is 89.8 Å². The summed E-state index contributed by atoms with van der Waals surface area (Å²) in [6.45, 7) is 10.5. The van der Waals surface area contributed by atoms with Gasteiger partial charge in [0.15, 0.2) is 0 Å². The summed E-state index contributed by atoms with van der Waals surface area (Å²) < 4.78 is 0. The summed E-state index contributed by atoms with van der Waals surface area (Å²) in [6, 6.07) is 13.6. The Bertz CT molecular complexity index is 1030. The van der Waals surface area contributed by atoms with Crippen LogP contribution >= 0.6 is 0 Å². The summed E-state index contributed by atoms with van der Waals surface area (Å²) in [7, 11) is 0. The number of aromatic amines is 2. The van der Waals surface area contributed by atoms with E-state index in [0.29, 0.717) is 28.6 Å². The number of benzene rings is 2. The van der Waals surface area contributed by atoms with Crippen molar-refractivity contribution >= 4 is 22.6 Å². The summed E-state index contributed by atoms with van der Waals surface area (Å²) in [6.07, 6.45) is 0. The standard InChI is InChI=1S/C23H30N4O2/c1-13(2)16-6-8-17(9-7-16)21(14(3)4)24-15(5)22(28)25-18-10-11-19-20(12-18)27-23(29)26-19/h6-15,21,24H,1-5H3,(H,25,28)(H2,26,27,29)/t15-,21-/m0/s1. The van der Waals surface area contributed by atoms with Gasteiger partial charge in [-0.1, -0.05) is 52.0 Å². The number of fused-ring (bicyclic) bond motifs is 1. The number of anilines is 1. The van der Waals surface area contributed by atoms with Gasteiger partial charge in [-0.2, -0.15) is 0 Å². The Morgan fingerprint density at radius 3 is 2.10 bits per heavy atom. The molecule has 3 aromatic rings. The van der Waals surface area contributed by atoms with E-state index in [9.17, 15) is 9.59 Å². The highest BCUT2D eigenvalue weighted by Gasteiger charge is 2.22. The van der Waals surface area contributed by atoms with Crippen molar-refractivity contribution in [2.24, 2.45) is 5.92 Å². The average molecular weight is 395 g/mol. The first-order valence-electron chi connectivity index (χ1n) is 10.1. The largest absolute Gasteiger partial charge is 0.325 e. The number of hydrogen-bond acceptors (Lipinski definition) is 3. The van der Waals surface area contributed by atoms with Gasteiger partial charge in [0.05, 0.1) is 17.1 Å². The molecule has 2 aromatic carbocycles. The number of amides is 1. The van der Waals surface area contributed by atoms with Gasteiger partial charge in [-0.05, 0) is 48.1 Å². The second-order valence-corrected chi connectivity index (χ2v) is 8.26. The van der Waals surface area contributed by atoms with E-state index in [0.717, 1.165) is 0 Å². The predicted molar refractivity (Wildman–Crippen MR) is 118 cm³/mol. The van der Waals surface area contributed by atoms with Crippen molar-refractivity contribution < 1.29 is 4.79 Å².